The number of rotatable bonds is 1. The predicted molar refractivity (Wildman–Crippen MR) is 56.6 cm³/mol. The summed E-state index contributed by atoms with van der Waals surface area (Å²) in [6.07, 6.45) is 2.15. The van der Waals surface area contributed by atoms with E-state index in [2.05, 4.69) is 4.98 Å². The number of pyridine rings is 1. The van der Waals surface area contributed by atoms with Gasteiger partial charge in [-0.25, -0.2) is 0 Å². The standard InChI is InChI=1S/C9H11N3OS/c10-6-4-8(13)12(5-6)7-2-1-3-11-9(7)14/h1-3,6H,4-5,10H2,(H,11,14). The number of aromatic nitrogens is 1. The largest absolute Gasteiger partial charge is 0.351 e. The molecule has 3 N–H and O–H groups in total. The summed E-state index contributed by atoms with van der Waals surface area (Å²) in [5.74, 6) is 0.0446. The maximum absolute atomic E-state index is 11.5. The second kappa shape index (κ2) is 3.51. The van der Waals surface area contributed by atoms with Gasteiger partial charge in [-0.05, 0) is 12.1 Å². The lowest BCUT2D eigenvalue weighted by molar-refractivity contribution is -0.117. The zero-order valence-corrected chi connectivity index (χ0v) is 8.38. The fourth-order valence-corrected chi connectivity index (χ4v) is 1.84. The van der Waals surface area contributed by atoms with Crippen LogP contribution in [0.15, 0.2) is 18.3 Å². The van der Waals surface area contributed by atoms with Gasteiger partial charge in [0.15, 0.2) is 0 Å². The summed E-state index contributed by atoms with van der Waals surface area (Å²) in [7, 11) is 0. The first-order chi connectivity index (χ1) is 6.68. The first-order valence-electron chi connectivity index (χ1n) is 4.42. The molecule has 0 saturated carbocycles. The van der Waals surface area contributed by atoms with E-state index >= 15 is 0 Å². The van der Waals surface area contributed by atoms with Gasteiger partial charge in [0.1, 0.15) is 4.64 Å². The molecular weight excluding hydrogens is 198 g/mol. The van der Waals surface area contributed by atoms with Gasteiger partial charge in [0.25, 0.3) is 0 Å². The van der Waals surface area contributed by atoms with Crippen LogP contribution in [-0.4, -0.2) is 23.5 Å². The van der Waals surface area contributed by atoms with Gasteiger partial charge < -0.3 is 15.6 Å². The summed E-state index contributed by atoms with van der Waals surface area (Å²) >= 11 is 5.09. The lowest BCUT2D eigenvalue weighted by Gasteiger charge is -2.15. The highest BCUT2D eigenvalue weighted by atomic mass is 32.1. The Kier molecular flexibility index (Phi) is 2.35. The Hall–Kier alpha value is -1.20. The molecule has 0 radical (unpaired) electrons. The Balaban J connectivity index is 2.37. The van der Waals surface area contributed by atoms with Gasteiger partial charge >= 0.3 is 0 Å². The number of aromatic amines is 1. The number of carbonyl (C=O) groups is 1. The minimum Gasteiger partial charge on any atom is -0.351 e. The van der Waals surface area contributed by atoms with Crippen molar-refractivity contribution >= 4 is 23.8 Å². The van der Waals surface area contributed by atoms with Crippen LogP contribution in [0.5, 0.6) is 0 Å². The van der Waals surface area contributed by atoms with Crippen molar-refractivity contribution < 1.29 is 4.79 Å². The zero-order valence-electron chi connectivity index (χ0n) is 7.56. The first kappa shape index (κ1) is 9.36. The predicted octanol–water partition coefficient (Wildman–Crippen LogP) is 0.808. The lowest BCUT2D eigenvalue weighted by atomic mass is 10.3. The second-order valence-corrected chi connectivity index (χ2v) is 3.76. The van der Waals surface area contributed by atoms with Crippen LogP contribution < -0.4 is 10.6 Å². The van der Waals surface area contributed by atoms with Gasteiger partial charge in [-0.15, -0.1) is 0 Å². The van der Waals surface area contributed by atoms with Gasteiger partial charge in [0.05, 0.1) is 5.69 Å². The van der Waals surface area contributed by atoms with Gasteiger partial charge in [-0.1, -0.05) is 12.2 Å². The van der Waals surface area contributed by atoms with Crippen LogP contribution in [-0.2, 0) is 4.79 Å². The minimum absolute atomic E-state index is 0.0446. The van der Waals surface area contributed by atoms with E-state index in [-0.39, 0.29) is 11.9 Å². The Morgan fingerprint density at radius 2 is 2.43 bits per heavy atom. The maximum atomic E-state index is 11.5. The van der Waals surface area contributed by atoms with Crippen molar-refractivity contribution in [1.82, 2.24) is 4.98 Å². The number of nitrogens with one attached hydrogen (secondary N) is 1. The molecule has 74 valence electrons. The van der Waals surface area contributed by atoms with Gasteiger partial charge in [-0.3, -0.25) is 4.79 Å². The first-order valence-corrected chi connectivity index (χ1v) is 4.83. The number of carbonyl (C=O) groups excluding carboxylic acids is 1. The third-order valence-electron chi connectivity index (χ3n) is 2.24. The van der Waals surface area contributed by atoms with E-state index in [0.29, 0.717) is 17.6 Å². The van der Waals surface area contributed by atoms with E-state index in [9.17, 15) is 4.79 Å². The van der Waals surface area contributed by atoms with Gasteiger partial charge in [-0.2, -0.15) is 0 Å². The number of nitrogens with zero attached hydrogens (tertiary/aromatic N) is 1. The van der Waals surface area contributed by atoms with Gasteiger partial charge in [0, 0.05) is 25.2 Å². The molecule has 2 rings (SSSR count). The highest BCUT2D eigenvalue weighted by molar-refractivity contribution is 7.71. The third kappa shape index (κ3) is 1.56. The van der Waals surface area contributed by atoms with Crippen LogP contribution >= 0.6 is 12.2 Å². The van der Waals surface area contributed by atoms with Crippen LogP contribution in [0.3, 0.4) is 0 Å². The molecule has 1 aromatic heterocycles. The summed E-state index contributed by atoms with van der Waals surface area (Å²) in [6.45, 7) is 0.556. The molecule has 0 aliphatic carbocycles. The summed E-state index contributed by atoms with van der Waals surface area (Å²) in [5, 5.41) is 0. The molecule has 0 bridgehead atoms. The molecule has 1 fully saturated rings. The number of anilines is 1. The monoisotopic (exact) mass is 209 g/mol. The Labute approximate surface area is 86.7 Å². The van der Waals surface area contributed by atoms with Crippen molar-refractivity contribution in [2.24, 2.45) is 5.73 Å². The van der Waals surface area contributed by atoms with Crippen LogP contribution in [0.1, 0.15) is 6.42 Å². The van der Waals surface area contributed by atoms with Crippen LogP contribution in [0.2, 0.25) is 0 Å². The van der Waals surface area contributed by atoms with E-state index in [4.69, 9.17) is 18.0 Å². The number of nitrogens with two attached hydrogens (primary N) is 1. The van der Waals surface area contributed by atoms with E-state index < -0.39 is 0 Å². The third-order valence-corrected chi connectivity index (χ3v) is 2.57. The molecule has 1 unspecified atom stereocenters. The van der Waals surface area contributed by atoms with Crippen molar-refractivity contribution in [3.05, 3.63) is 23.0 Å². The molecule has 0 aromatic carbocycles. The van der Waals surface area contributed by atoms with Gasteiger partial charge in [0.2, 0.25) is 5.91 Å². The summed E-state index contributed by atoms with van der Waals surface area (Å²) in [6, 6.07) is 3.58. The quantitative estimate of drug-likeness (QED) is 0.673. The second-order valence-electron chi connectivity index (χ2n) is 3.35. The highest BCUT2D eigenvalue weighted by Crippen LogP contribution is 2.20. The average molecular weight is 209 g/mol. The van der Waals surface area contributed by atoms with Crippen LogP contribution in [0.25, 0.3) is 0 Å². The fraction of sp³-hybridized carbons (Fsp3) is 0.333. The maximum Gasteiger partial charge on any atom is 0.228 e. The van der Waals surface area contributed by atoms with Crippen molar-refractivity contribution in [3.8, 4) is 0 Å². The Bertz CT molecular complexity index is 415. The van der Waals surface area contributed by atoms with Crippen molar-refractivity contribution in [2.75, 3.05) is 11.4 Å². The molecule has 1 aliphatic rings. The molecule has 14 heavy (non-hydrogen) atoms. The number of hydrogen-bond acceptors (Lipinski definition) is 3. The van der Waals surface area contributed by atoms with E-state index in [0.717, 1.165) is 5.69 Å². The Morgan fingerprint density at radius 1 is 1.64 bits per heavy atom. The summed E-state index contributed by atoms with van der Waals surface area (Å²) < 4.78 is 0.579. The minimum atomic E-state index is -0.0721. The smallest absolute Gasteiger partial charge is 0.228 e. The fourth-order valence-electron chi connectivity index (χ4n) is 1.59. The zero-order chi connectivity index (χ0) is 10.1. The summed E-state index contributed by atoms with van der Waals surface area (Å²) in [4.78, 5) is 16.1. The molecule has 0 spiro atoms. The lowest BCUT2D eigenvalue weighted by Crippen LogP contribution is -2.28. The Morgan fingerprint density at radius 3 is 3.00 bits per heavy atom. The molecule has 1 atom stereocenters. The molecule has 5 heteroatoms. The highest BCUT2D eigenvalue weighted by Gasteiger charge is 2.28. The van der Waals surface area contributed by atoms with E-state index in [1.165, 1.54) is 0 Å². The molecule has 2 heterocycles. The molecular formula is C9H11N3OS. The van der Waals surface area contributed by atoms with Crippen molar-refractivity contribution in [1.29, 1.82) is 0 Å². The van der Waals surface area contributed by atoms with E-state index in [1.54, 1.807) is 11.1 Å². The number of amides is 1. The van der Waals surface area contributed by atoms with E-state index in [1.807, 2.05) is 12.1 Å². The van der Waals surface area contributed by atoms with Crippen molar-refractivity contribution in [2.45, 2.75) is 12.5 Å². The molecule has 1 aromatic rings. The topological polar surface area (TPSA) is 62.1 Å². The average Bonchev–Trinajstić information content (AvgIpc) is 2.46. The molecule has 1 aliphatic heterocycles. The molecule has 1 amide bonds. The van der Waals surface area contributed by atoms with Crippen LogP contribution in [0, 0.1) is 4.64 Å². The number of hydrogen-bond donors (Lipinski definition) is 2. The van der Waals surface area contributed by atoms with Crippen molar-refractivity contribution in [3.63, 3.8) is 0 Å². The SMILES string of the molecule is NC1CC(=O)N(c2ccc[nH]c2=S)C1. The normalized spacial score (nSPS) is 21.6. The number of H-pyrrole nitrogens is 1. The molecule has 1 saturated heterocycles. The molecule has 4 nitrogen and oxygen atoms in total. The summed E-state index contributed by atoms with van der Waals surface area (Å²) in [5.41, 5.74) is 6.45. The van der Waals surface area contributed by atoms with Crippen LogP contribution in [0.4, 0.5) is 5.69 Å².